The van der Waals surface area contributed by atoms with Crippen LogP contribution in [-0.4, -0.2) is 21.5 Å². The molecule has 172 valence electrons. The second kappa shape index (κ2) is 16.1. The lowest BCUT2D eigenvalue weighted by Crippen LogP contribution is -2.10. The van der Waals surface area contributed by atoms with Gasteiger partial charge in [-0.15, -0.1) is 0 Å². The highest BCUT2D eigenvalue weighted by atomic mass is 32.3. The van der Waals surface area contributed by atoms with Gasteiger partial charge in [0.1, 0.15) is 11.5 Å². The van der Waals surface area contributed by atoms with Crippen molar-refractivity contribution in [3.63, 3.8) is 0 Å². The Balaban J connectivity index is 2.02. The summed E-state index contributed by atoms with van der Waals surface area (Å²) in [6, 6.07) is 5.79. The van der Waals surface area contributed by atoms with E-state index in [0.717, 1.165) is 26.4 Å². The van der Waals surface area contributed by atoms with Gasteiger partial charge in [0.25, 0.3) is 0 Å². The van der Waals surface area contributed by atoms with Crippen molar-refractivity contribution in [2.45, 2.75) is 96.8 Å². The van der Waals surface area contributed by atoms with Crippen LogP contribution < -0.4 is 8.92 Å². The van der Waals surface area contributed by atoms with Crippen molar-refractivity contribution in [2.24, 2.45) is 0 Å². The summed E-state index contributed by atoms with van der Waals surface area (Å²) in [7, 11) is -3.03. The lowest BCUT2D eigenvalue weighted by Gasteiger charge is -2.07. The first kappa shape index (κ1) is 26.4. The average molecular weight is 443 g/mol. The topological polar surface area (TPSA) is 78.9 Å². The molecule has 7 heteroatoms. The fourth-order valence-electron chi connectivity index (χ4n) is 3.18. The third-order valence-corrected chi connectivity index (χ3v) is 5.75. The van der Waals surface area contributed by atoms with Crippen molar-refractivity contribution < 1.29 is 26.3 Å². The van der Waals surface area contributed by atoms with Gasteiger partial charge < -0.3 is 8.92 Å². The minimum atomic E-state index is -4.05. The molecule has 1 aromatic carbocycles. The van der Waals surface area contributed by atoms with E-state index in [1.165, 1.54) is 88.5 Å². The van der Waals surface area contributed by atoms with Crippen molar-refractivity contribution in [1.82, 2.24) is 0 Å². The molecule has 1 aromatic rings. The van der Waals surface area contributed by atoms with Gasteiger partial charge in [-0.2, -0.15) is 8.42 Å². The Morgan fingerprint density at radius 3 is 1.63 bits per heavy atom. The summed E-state index contributed by atoms with van der Waals surface area (Å²) in [5, 5.41) is 0. The van der Waals surface area contributed by atoms with Crippen molar-refractivity contribution in [2.75, 3.05) is 7.11 Å². The molecule has 0 amide bonds. The van der Waals surface area contributed by atoms with Crippen LogP contribution in [-0.2, 0) is 19.4 Å². The fraction of sp³-hybridized carbons (Fsp3) is 0.696. The Kier molecular flexibility index (Phi) is 14.2. The van der Waals surface area contributed by atoms with Crippen LogP contribution in [0.4, 0.5) is 0 Å². The normalized spacial score (nSPS) is 11.4. The van der Waals surface area contributed by atoms with E-state index in [9.17, 15) is 13.2 Å². The molecule has 30 heavy (non-hydrogen) atoms. The van der Waals surface area contributed by atoms with E-state index < -0.39 is 10.4 Å². The minimum Gasteiger partial charge on any atom is -0.427 e. The summed E-state index contributed by atoms with van der Waals surface area (Å²) in [5.41, 5.74) is 0. The largest absolute Gasteiger partial charge is 0.448 e. The summed E-state index contributed by atoms with van der Waals surface area (Å²) in [4.78, 5) is 11.9. The van der Waals surface area contributed by atoms with Crippen LogP contribution in [0.15, 0.2) is 24.3 Å². The van der Waals surface area contributed by atoms with Crippen LogP contribution in [0.25, 0.3) is 0 Å². The van der Waals surface area contributed by atoms with Crippen molar-refractivity contribution >= 4 is 16.4 Å². The molecule has 0 saturated carbocycles. The number of hydrogen-bond donors (Lipinski definition) is 0. The number of carbonyl (C=O) groups is 1. The highest BCUT2D eigenvalue weighted by molar-refractivity contribution is 7.82. The molecular weight excluding hydrogens is 404 g/mol. The summed E-state index contributed by atoms with van der Waals surface area (Å²) in [6.07, 6.45) is 16.8. The third-order valence-electron chi connectivity index (χ3n) is 4.94. The number of rotatable bonds is 18. The quantitative estimate of drug-likeness (QED) is 0.150. The fourth-order valence-corrected chi connectivity index (χ4v) is 3.60. The molecular formula is C23H38O6S. The molecule has 0 N–H and O–H groups in total. The standard InChI is InChI=1S/C23H38O6S/c1-3-4-5-6-7-8-9-10-11-12-13-14-15-16-23(24)28-21-17-19-22(20-18-21)29-30(25,26)27-2/h17-20H,3-16H2,1-2H3. The van der Waals surface area contributed by atoms with Gasteiger partial charge in [0.05, 0.1) is 7.11 Å². The number of esters is 1. The molecule has 0 aromatic heterocycles. The average Bonchev–Trinajstić information content (AvgIpc) is 2.72. The van der Waals surface area contributed by atoms with E-state index in [2.05, 4.69) is 15.3 Å². The number of ether oxygens (including phenoxy) is 1. The molecule has 0 radical (unpaired) electrons. The van der Waals surface area contributed by atoms with E-state index in [4.69, 9.17) is 4.74 Å². The van der Waals surface area contributed by atoms with Crippen molar-refractivity contribution in [3.8, 4) is 11.5 Å². The molecule has 6 nitrogen and oxygen atoms in total. The third kappa shape index (κ3) is 13.6. The summed E-state index contributed by atoms with van der Waals surface area (Å²) >= 11 is 0. The van der Waals surface area contributed by atoms with E-state index >= 15 is 0 Å². The van der Waals surface area contributed by atoms with Crippen LogP contribution in [0.5, 0.6) is 11.5 Å². The summed E-state index contributed by atoms with van der Waals surface area (Å²) in [5.74, 6) is 0.168. The van der Waals surface area contributed by atoms with Crippen LogP contribution in [0.3, 0.4) is 0 Å². The van der Waals surface area contributed by atoms with E-state index in [1.807, 2.05) is 0 Å². The molecule has 0 aliphatic rings. The van der Waals surface area contributed by atoms with Gasteiger partial charge in [-0.25, -0.2) is 4.18 Å². The Hall–Kier alpha value is -1.60. The van der Waals surface area contributed by atoms with Gasteiger partial charge in [0, 0.05) is 6.42 Å². The Morgan fingerprint density at radius 1 is 0.733 bits per heavy atom. The first-order valence-electron chi connectivity index (χ1n) is 11.3. The number of carbonyl (C=O) groups excluding carboxylic acids is 1. The molecule has 0 bridgehead atoms. The lowest BCUT2D eigenvalue weighted by molar-refractivity contribution is -0.134. The van der Waals surface area contributed by atoms with Crippen molar-refractivity contribution in [3.05, 3.63) is 24.3 Å². The SMILES string of the molecule is CCCCCCCCCCCCCCCC(=O)Oc1ccc(OS(=O)(=O)OC)cc1. The molecule has 0 heterocycles. The second-order valence-corrected chi connectivity index (χ2v) is 8.91. The van der Waals surface area contributed by atoms with Gasteiger partial charge in [-0.1, -0.05) is 84.0 Å². The first-order chi connectivity index (χ1) is 14.5. The van der Waals surface area contributed by atoms with Crippen LogP contribution in [0.2, 0.25) is 0 Å². The van der Waals surface area contributed by atoms with Crippen LogP contribution in [0, 0.1) is 0 Å². The summed E-state index contributed by atoms with van der Waals surface area (Å²) in [6.45, 7) is 2.25. The Labute approximate surface area is 182 Å². The highest BCUT2D eigenvalue weighted by Gasteiger charge is 2.11. The maximum Gasteiger partial charge on any atom is 0.448 e. The zero-order valence-electron chi connectivity index (χ0n) is 18.6. The monoisotopic (exact) mass is 442 g/mol. The number of unbranched alkanes of at least 4 members (excludes halogenated alkanes) is 12. The molecule has 0 aliphatic carbocycles. The maximum atomic E-state index is 11.9. The van der Waals surface area contributed by atoms with Crippen molar-refractivity contribution in [1.29, 1.82) is 0 Å². The lowest BCUT2D eigenvalue weighted by atomic mass is 10.0. The van der Waals surface area contributed by atoms with E-state index in [1.54, 1.807) is 0 Å². The predicted molar refractivity (Wildman–Crippen MR) is 119 cm³/mol. The van der Waals surface area contributed by atoms with Gasteiger partial charge in [0.2, 0.25) is 0 Å². The molecule has 0 atom stereocenters. The molecule has 0 fully saturated rings. The Bertz CT molecular complexity index is 669. The van der Waals surface area contributed by atoms with Gasteiger partial charge in [-0.05, 0) is 30.7 Å². The van der Waals surface area contributed by atoms with Gasteiger partial charge >= 0.3 is 16.4 Å². The molecule has 0 unspecified atom stereocenters. The van der Waals surface area contributed by atoms with Gasteiger partial charge in [0.15, 0.2) is 0 Å². The zero-order chi connectivity index (χ0) is 22.1. The molecule has 0 aliphatic heterocycles. The number of hydrogen-bond acceptors (Lipinski definition) is 6. The second-order valence-electron chi connectivity index (χ2n) is 7.60. The van der Waals surface area contributed by atoms with Crippen LogP contribution >= 0.6 is 0 Å². The van der Waals surface area contributed by atoms with E-state index in [-0.39, 0.29) is 11.7 Å². The first-order valence-corrected chi connectivity index (χ1v) is 12.6. The van der Waals surface area contributed by atoms with E-state index in [0.29, 0.717) is 12.2 Å². The molecule has 1 rings (SSSR count). The highest BCUT2D eigenvalue weighted by Crippen LogP contribution is 2.20. The van der Waals surface area contributed by atoms with Crippen LogP contribution in [0.1, 0.15) is 96.8 Å². The minimum absolute atomic E-state index is 0.0909. The maximum absolute atomic E-state index is 11.9. The Morgan fingerprint density at radius 2 is 1.17 bits per heavy atom. The van der Waals surface area contributed by atoms with Gasteiger partial charge in [-0.3, -0.25) is 4.79 Å². The molecule has 0 spiro atoms. The number of benzene rings is 1. The summed E-state index contributed by atoms with van der Waals surface area (Å²) < 4.78 is 36.6. The predicted octanol–water partition coefficient (Wildman–Crippen LogP) is 6.34. The molecule has 0 saturated heterocycles. The zero-order valence-corrected chi connectivity index (χ0v) is 19.4. The smallest absolute Gasteiger partial charge is 0.427 e.